The molecule has 3 heteroatoms. The van der Waals surface area contributed by atoms with Gasteiger partial charge in [-0.3, -0.25) is 0 Å². The predicted octanol–water partition coefficient (Wildman–Crippen LogP) is 3.16. The summed E-state index contributed by atoms with van der Waals surface area (Å²) in [6, 6.07) is 8.04. The van der Waals surface area contributed by atoms with Crippen LogP contribution in [-0.2, 0) is 9.53 Å². The third kappa shape index (κ3) is 2.71. The van der Waals surface area contributed by atoms with Gasteiger partial charge in [-0.15, -0.1) is 0 Å². The summed E-state index contributed by atoms with van der Waals surface area (Å²) < 4.78 is 6.37. The minimum Gasteiger partial charge on any atom is -0.381 e. The van der Waals surface area contributed by atoms with Crippen LogP contribution in [0.3, 0.4) is 0 Å². The Hall–Kier alpha value is -0.670. The second-order valence-corrected chi connectivity index (χ2v) is 5.08. The number of halogens is 1. The van der Waals surface area contributed by atoms with Crippen LogP contribution in [0.25, 0.3) is 0 Å². The smallest absolute Gasteiger partial charge is 0.127 e. The van der Waals surface area contributed by atoms with Crippen LogP contribution in [0.2, 0.25) is 0 Å². The zero-order valence-electron chi connectivity index (χ0n) is 9.06. The van der Waals surface area contributed by atoms with Crippen molar-refractivity contribution < 1.29 is 9.53 Å². The molecule has 1 aliphatic rings. The number of hydrogen-bond acceptors (Lipinski definition) is 2. The molecular formula is C13H15BrO2. The molecule has 0 radical (unpaired) electrons. The molecule has 1 aromatic carbocycles. The van der Waals surface area contributed by atoms with Gasteiger partial charge in [-0.05, 0) is 36.5 Å². The molecule has 1 heterocycles. The lowest BCUT2D eigenvalue weighted by Crippen LogP contribution is -2.23. The average molecular weight is 283 g/mol. The highest BCUT2D eigenvalue weighted by Gasteiger charge is 2.24. The van der Waals surface area contributed by atoms with Crippen molar-refractivity contribution in [1.29, 1.82) is 0 Å². The summed E-state index contributed by atoms with van der Waals surface area (Å²) in [6.45, 7) is 1.57. The fourth-order valence-corrected chi connectivity index (χ4v) is 2.49. The van der Waals surface area contributed by atoms with E-state index < -0.39 is 0 Å². The number of benzene rings is 1. The standard InChI is InChI=1S/C13H15BrO2/c14-12-3-1-10(2-4-12)13(9-15)11-5-7-16-8-6-11/h1-4,9,11,13H,5-8H2. The molecule has 1 unspecified atom stereocenters. The maximum absolute atomic E-state index is 11.2. The quantitative estimate of drug-likeness (QED) is 0.796. The normalized spacial score (nSPS) is 19.3. The molecule has 1 fully saturated rings. The van der Waals surface area contributed by atoms with Crippen molar-refractivity contribution in [2.45, 2.75) is 18.8 Å². The maximum atomic E-state index is 11.2. The molecule has 0 aromatic heterocycles. The van der Waals surface area contributed by atoms with Crippen LogP contribution in [0.15, 0.2) is 28.7 Å². The molecule has 2 rings (SSSR count). The Labute approximate surface area is 104 Å². The van der Waals surface area contributed by atoms with Gasteiger partial charge >= 0.3 is 0 Å². The van der Waals surface area contributed by atoms with Crippen LogP contribution in [-0.4, -0.2) is 19.5 Å². The van der Waals surface area contributed by atoms with Crippen molar-refractivity contribution >= 4 is 22.2 Å². The van der Waals surface area contributed by atoms with Gasteiger partial charge in [-0.2, -0.15) is 0 Å². The molecule has 1 atom stereocenters. The molecule has 1 aromatic rings. The van der Waals surface area contributed by atoms with Crippen molar-refractivity contribution in [2.24, 2.45) is 5.92 Å². The molecule has 86 valence electrons. The molecule has 0 aliphatic carbocycles. The minimum atomic E-state index is 0.0250. The van der Waals surface area contributed by atoms with E-state index in [2.05, 4.69) is 15.9 Å². The first-order chi connectivity index (χ1) is 7.81. The van der Waals surface area contributed by atoms with Crippen molar-refractivity contribution in [3.05, 3.63) is 34.3 Å². The zero-order valence-corrected chi connectivity index (χ0v) is 10.7. The van der Waals surface area contributed by atoms with Gasteiger partial charge in [0.2, 0.25) is 0 Å². The predicted molar refractivity (Wildman–Crippen MR) is 66.5 cm³/mol. The monoisotopic (exact) mass is 282 g/mol. The van der Waals surface area contributed by atoms with Crippen LogP contribution in [0, 0.1) is 5.92 Å². The van der Waals surface area contributed by atoms with E-state index in [1.807, 2.05) is 24.3 Å². The third-order valence-corrected chi connectivity index (χ3v) is 3.70. The summed E-state index contributed by atoms with van der Waals surface area (Å²) >= 11 is 3.40. The van der Waals surface area contributed by atoms with Gasteiger partial charge in [0.25, 0.3) is 0 Å². The Balaban J connectivity index is 2.14. The summed E-state index contributed by atoms with van der Waals surface area (Å²) in [4.78, 5) is 11.2. The highest BCUT2D eigenvalue weighted by molar-refractivity contribution is 9.10. The number of carbonyl (C=O) groups is 1. The number of carbonyl (C=O) groups excluding carboxylic acids is 1. The van der Waals surface area contributed by atoms with Gasteiger partial charge in [-0.25, -0.2) is 0 Å². The molecule has 0 bridgehead atoms. The van der Waals surface area contributed by atoms with Crippen molar-refractivity contribution in [3.8, 4) is 0 Å². The molecule has 0 spiro atoms. The highest BCUT2D eigenvalue weighted by Crippen LogP contribution is 2.31. The van der Waals surface area contributed by atoms with E-state index in [4.69, 9.17) is 4.74 Å². The minimum absolute atomic E-state index is 0.0250. The molecule has 0 saturated carbocycles. The van der Waals surface area contributed by atoms with Crippen LogP contribution in [0.5, 0.6) is 0 Å². The molecule has 1 saturated heterocycles. The van der Waals surface area contributed by atoms with Crippen LogP contribution >= 0.6 is 15.9 Å². The van der Waals surface area contributed by atoms with E-state index in [0.29, 0.717) is 5.92 Å². The van der Waals surface area contributed by atoms with Gasteiger partial charge in [0.1, 0.15) is 6.29 Å². The second-order valence-electron chi connectivity index (χ2n) is 4.16. The Morgan fingerprint density at radius 1 is 1.25 bits per heavy atom. The first-order valence-corrected chi connectivity index (χ1v) is 6.39. The summed E-state index contributed by atoms with van der Waals surface area (Å²) in [5.74, 6) is 0.462. The average Bonchev–Trinajstić information content (AvgIpc) is 2.34. The van der Waals surface area contributed by atoms with Gasteiger partial charge in [0.15, 0.2) is 0 Å². The summed E-state index contributed by atoms with van der Waals surface area (Å²) in [7, 11) is 0. The van der Waals surface area contributed by atoms with Crippen LogP contribution in [0.4, 0.5) is 0 Å². The number of ether oxygens (including phenoxy) is 1. The number of aldehydes is 1. The largest absolute Gasteiger partial charge is 0.381 e. The highest BCUT2D eigenvalue weighted by atomic mass is 79.9. The lowest BCUT2D eigenvalue weighted by Gasteiger charge is -2.27. The number of rotatable bonds is 3. The first-order valence-electron chi connectivity index (χ1n) is 5.60. The van der Waals surface area contributed by atoms with E-state index in [0.717, 1.165) is 42.4 Å². The van der Waals surface area contributed by atoms with Crippen molar-refractivity contribution in [3.63, 3.8) is 0 Å². The Morgan fingerprint density at radius 2 is 1.88 bits per heavy atom. The van der Waals surface area contributed by atoms with E-state index in [-0.39, 0.29) is 5.92 Å². The molecule has 0 amide bonds. The Bertz CT molecular complexity index is 341. The Morgan fingerprint density at radius 3 is 2.44 bits per heavy atom. The topological polar surface area (TPSA) is 26.3 Å². The van der Waals surface area contributed by atoms with Crippen LogP contribution in [0.1, 0.15) is 24.3 Å². The SMILES string of the molecule is O=CC(c1ccc(Br)cc1)C1CCOCC1. The van der Waals surface area contributed by atoms with E-state index in [1.165, 1.54) is 0 Å². The molecule has 2 nitrogen and oxygen atoms in total. The van der Waals surface area contributed by atoms with Crippen molar-refractivity contribution in [1.82, 2.24) is 0 Å². The molecule has 0 N–H and O–H groups in total. The lowest BCUT2D eigenvalue weighted by atomic mass is 9.82. The summed E-state index contributed by atoms with van der Waals surface area (Å²) in [5.41, 5.74) is 1.12. The van der Waals surface area contributed by atoms with E-state index >= 15 is 0 Å². The number of hydrogen-bond donors (Lipinski definition) is 0. The Kier molecular flexibility index (Phi) is 4.13. The summed E-state index contributed by atoms with van der Waals surface area (Å²) in [5, 5.41) is 0. The molecule has 16 heavy (non-hydrogen) atoms. The zero-order chi connectivity index (χ0) is 11.4. The summed E-state index contributed by atoms with van der Waals surface area (Å²) in [6.07, 6.45) is 3.05. The van der Waals surface area contributed by atoms with Gasteiger partial charge in [0.05, 0.1) is 0 Å². The lowest BCUT2D eigenvalue weighted by molar-refractivity contribution is -0.110. The molecular weight excluding hydrogens is 268 g/mol. The van der Waals surface area contributed by atoms with E-state index in [9.17, 15) is 4.79 Å². The second kappa shape index (κ2) is 5.60. The van der Waals surface area contributed by atoms with Crippen molar-refractivity contribution in [2.75, 3.05) is 13.2 Å². The fraction of sp³-hybridized carbons (Fsp3) is 0.462. The van der Waals surface area contributed by atoms with E-state index in [1.54, 1.807) is 0 Å². The van der Waals surface area contributed by atoms with Crippen LogP contribution < -0.4 is 0 Å². The maximum Gasteiger partial charge on any atom is 0.127 e. The fourth-order valence-electron chi connectivity index (χ4n) is 2.22. The molecule has 1 aliphatic heterocycles. The first kappa shape index (κ1) is 11.8. The van der Waals surface area contributed by atoms with Gasteiger partial charge < -0.3 is 9.53 Å². The van der Waals surface area contributed by atoms with Gasteiger partial charge in [-0.1, -0.05) is 28.1 Å². The van der Waals surface area contributed by atoms with Gasteiger partial charge in [0, 0.05) is 23.6 Å². The third-order valence-electron chi connectivity index (χ3n) is 3.18.